The summed E-state index contributed by atoms with van der Waals surface area (Å²) in [5, 5.41) is 8.62. The van der Waals surface area contributed by atoms with Gasteiger partial charge >= 0.3 is 23.9 Å². The molecule has 0 saturated heterocycles. The van der Waals surface area contributed by atoms with Gasteiger partial charge in [-0.25, -0.2) is 9.59 Å². The molecule has 8 heteroatoms. The van der Waals surface area contributed by atoms with E-state index in [-0.39, 0.29) is 19.4 Å². The van der Waals surface area contributed by atoms with E-state index < -0.39 is 36.1 Å². The van der Waals surface area contributed by atoms with E-state index in [9.17, 15) is 19.2 Å². The van der Waals surface area contributed by atoms with Crippen LogP contribution in [0, 0.1) is 0 Å². The molecule has 0 bridgehead atoms. The van der Waals surface area contributed by atoms with Crippen LogP contribution in [-0.4, -0.2) is 47.8 Å². The van der Waals surface area contributed by atoms with Crippen molar-refractivity contribution in [2.75, 3.05) is 6.61 Å². The van der Waals surface area contributed by atoms with Crippen LogP contribution in [0.25, 0.3) is 0 Å². The largest absolute Gasteiger partial charge is 0.481 e. The number of carboxylic acid groups (broad SMARTS) is 1. The molecule has 2 atom stereocenters. The van der Waals surface area contributed by atoms with Crippen molar-refractivity contribution in [2.45, 2.75) is 65.1 Å². The van der Waals surface area contributed by atoms with E-state index in [1.165, 1.54) is 6.92 Å². The molecule has 132 valence electrons. The highest BCUT2D eigenvalue weighted by molar-refractivity contribution is 5.83. The Kier molecular flexibility index (Phi) is 10.4. The van der Waals surface area contributed by atoms with E-state index in [2.05, 4.69) is 0 Å². The highest BCUT2D eigenvalue weighted by Gasteiger charge is 2.28. The van der Waals surface area contributed by atoms with Crippen LogP contribution in [0.4, 0.5) is 0 Å². The van der Waals surface area contributed by atoms with Crippen LogP contribution in [-0.2, 0) is 33.4 Å². The lowest BCUT2D eigenvalue weighted by Gasteiger charge is -2.18. The van der Waals surface area contributed by atoms with Gasteiger partial charge in [-0.2, -0.15) is 0 Å². The van der Waals surface area contributed by atoms with Gasteiger partial charge in [0, 0.05) is 19.8 Å². The Morgan fingerprint density at radius 3 is 2.22 bits per heavy atom. The summed E-state index contributed by atoms with van der Waals surface area (Å²) < 4.78 is 14.6. The van der Waals surface area contributed by atoms with Gasteiger partial charge in [-0.15, -0.1) is 0 Å². The van der Waals surface area contributed by atoms with Crippen molar-refractivity contribution in [1.29, 1.82) is 0 Å². The maximum Gasteiger partial charge on any atom is 0.348 e. The average molecular weight is 332 g/mol. The average Bonchev–Trinajstić information content (AvgIpc) is 2.46. The Hall–Kier alpha value is -2.12. The lowest BCUT2D eigenvalue weighted by molar-refractivity contribution is -0.178. The van der Waals surface area contributed by atoms with Crippen molar-refractivity contribution >= 4 is 23.9 Å². The molecular formula is C15H24O8. The fraction of sp³-hybridized carbons (Fsp3) is 0.733. The Morgan fingerprint density at radius 1 is 1.04 bits per heavy atom. The predicted octanol–water partition coefficient (Wildman–Crippen LogP) is 1.45. The molecule has 0 aromatic carbocycles. The molecule has 0 aliphatic rings. The Balaban J connectivity index is 4.42. The fourth-order valence-corrected chi connectivity index (χ4v) is 1.62. The summed E-state index contributed by atoms with van der Waals surface area (Å²) in [6.07, 6.45) is -0.501. The van der Waals surface area contributed by atoms with Crippen molar-refractivity contribution in [3.8, 4) is 0 Å². The second kappa shape index (κ2) is 11.4. The minimum absolute atomic E-state index is 0.230. The van der Waals surface area contributed by atoms with Gasteiger partial charge in [-0.3, -0.25) is 9.59 Å². The maximum absolute atomic E-state index is 11.9. The lowest BCUT2D eigenvalue weighted by Crippen LogP contribution is -2.35. The highest BCUT2D eigenvalue weighted by atomic mass is 16.6. The summed E-state index contributed by atoms with van der Waals surface area (Å²) in [7, 11) is 0. The number of esters is 3. The summed E-state index contributed by atoms with van der Waals surface area (Å²) in [5.74, 6) is -3.56. The van der Waals surface area contributed by atoms with Crippen LogP contribution in [0.5, 0.6) is 0 Å². The van der Waals surface area contributed by atoms with Crippen LogP contribution in [0.2, 0.25) is 0 Å². The van der Waals surface area contributed by atoms with Gasteiger partial charge in [0.2, 0.25) is 0 Å². The first-order valence-electron chi connectivity index (χ1n) is 7.54. The van der Waals surface area contributed by atoms with Crippen LogP contribution in [0.15, 0.2) is 0 Å². The minimum Gasteiger partial charge on any atom is -0.481 e. The zero-order valence-corrected chi connectivity index (χ0v) is 13.7. The van der Waals surface area contributed by atoms with Crippen molar-refractivity contribution in [3.63, 3.8) is 0 Å². The van der Waals surface area contributed by atoms with E-state index >= 15 is 0 Å². The molecule has 23 heavy (non-hydrogen) atoms. The molecule has 0 spiro atoms. The molecule has 0 aliphatic heterocycles. The molecule has 0 aromatic rings. The molecule has 0 heterocycles. The first-order chi connectivity index (χ1) is 10.8. The van der Waals surface area contributed by atoms with Crippen LogP contribution < -0.4 is 0 Å². The van der Waals surface area contributed by atoms with Gasteiger partial charge in [-0.1, -0.05) is 19.8 Å². The van der Waals surface area contributed by atoms with Gasteiger partial charge in [0.1, 0.15) is 0 Å². The van der Waals surface area contributed by atoms with E-state index in [1.807, 2.05) is 6.92 Å². The number of carbonyl (C=O) groups excluding carboxylic acids is 3. The second-order valence-corrected chi connectivity index (χ2v) is 4.98. The molecule has 0 fully saturated rings. The Morgan fingerprint density at radius 2 is 1.70 bits per heavy atom. The van der Waals surface area contributed by atoms with Gasteiger partial charge in [0.25, 0.3) is 0 Å². The molecule has 0 aliphatic carbocycles. The lowest BCUT2D eigenvalue weighted by atomic mass is 10.2. The fourth-order valence-electron chi connectivity index (χ4n) is 1.62. The highest BCUT2D eigenvalue weighted by Crippen LogP contribution is 2.09. The quantitative estimate of drug-likeness (QED) is 0.343. The molecule has 8 nitrogen and oxygen atoms in total. The smallest absolute Gasteiger partial charge is 0.348 e. The van der Waals surface area contributed by atoms with Crippen molar-refractivity contribution < 1.29 is 38.5 Å². The van der Waals surface area contributed by atoms with Crippen LogP contribution in [0.1, 0.15) is 52.9 Å². The first kappa shape index (κ1) is 20.9. The second-order valence-electron chi connectivity index (χ2n) is 4.98. The van der Waals surface area contributed by atoms with Gasteiger partial charge < -0.3 is 19.3 Å². The van der Waals surface area contributed by atoms with Crippen molar-refractivity contribution in [1.82, 2.24) is 0 Å². The molecule has 2 unspecified atom stereocenters. The SMILES string of the molecule is CCCCCOC(=O)C(C)OC(=O)C(CCC(=O)O)OC(C)=O. The van der Waals surface area contributed by atoms with E-state index in [0.717, 1.165) is 26.2 Å². The van der Waals surface area contributed by atoms with Gasteiger partial charge in [0.15, 0.2) is 12.2 Å². The monoisotopic (exact) mass is 332 g/mol. The van der Waals surface area contributed by atoms with Crippen molar-refractivity contribution in [3.05, 3.63) is 0 Å². The number of hydrogen-bond donors (Lipinski definition) is 1. The summed E-state index contributed by atoms with van der Waals surface area (Å²) in [4.78, 5) is 45.0. The molecule has 0 rings (SSSR count). The molecule has 0 saturated carbocycles. The van der Waals surface area contributed by atoms with E-state index in [1.54, 1.807) is 0 Å². The normalized spacial score (nSPS) is 12.8. The molecular weight excluding hydrogens is 308 g/mol. The zero-order valence-electron chi connectivity index (χ0n) is 13.7. The molecule has 0 amide bonds. The van der Waals surface area contributed by atoms with Gasteiger partial charge in [-0.05, 0) is 13.3 Å². The topological polar surface area (TPSA) is 116 Å². The third kappa shape index (κ3) is 10.3. The Bertz CT molecular complexity index is 418. The van der Waals surface area contributed by atoms with Crippen molar-refractivity contribution in [2.24, 2.45) is 0 Å². The predicted molar refractivity (Wildman–Crippen MR) is 78.5 cm³/mol. The maximum atomic E-state index is 11.9. The number of aliphatic carboxylic acids is 1. The number of rotatable bonds is 11. The first-order valence-corrected chi connectivity index (χ1v) is 7.54. The Labute approximate surface area is 135 Å². The summed E-state index contributed by atoms with van der Waals surface area (Å²) in [5.41, 5.74) is 0. The number of carboxylic acids is 1. The van der Waals surface area contributed by atoms with Crippen LogP contribution >= 0.6 is 0 Å². The number of unbranched alkanes of at least 4 members (excludes halogenated alkanes) is 2. The third-order valence-corrected chi connectivity index (χ3v) is 2.81. The minimum atomic E-state index is -1.36. The van der Waals surface area contributed by atoms with Gasteiger partial charge in [0.05, 0.1) is 6.61 Å². The number of hydrogen-bond acceptors (Lipinski definition) is 7. The zero-order chi connectivity index (χ0) is 17.8. The number of ether oxygens (including phenoxy) is 3. The molecule has 0 aromatic heterocycles. The summed E-state index contributed by atoms with van der Waals surface area (Å²) in [6.45, 7) is 4.67. The van der Waals surface area contributed by atoms with E-state index in [4.69, 9.17) is 19.3 Å². The summed E-state index contributed by atoms with van der Waals surface area (Å²) >= 11 is 0. The van der Waals surface area contributed by atoms with Crippen LogP contribution in [0.3, 0.4) is 0 Å². The standard InChI is InChI=1S/C15H24O8/c1-4-5-6-9-21-14(19)10(2)22-15(20)12(23-11(3)16)7-8-13(17)18/h10,12H,4-9H2,1-3H3,(H,17,18). The third-order valence-electron chi connectivity index (χ3n) is 2.81. The summed E-state index contributed by atoms with van der Waals surface area (Å²) in [6, 6.07) is 0. The molecule has 1 N–H and O–H groups in total. The van der Waals surface area contributed by atoms with E-state index in [0.29, 0.717) is 0 Å². The molecule has 0 radical (unpaired) electrons. The number of carbonyl (C=O) groups is 4.